The smallest absolute Gasteiger partial charge is 0.335 e. The van der Waals surface area contributed by atoms with Gasteiger partial charge in [-0.2, -0.15) is 0 Å². The number of aromatic carboxylic acids is 1. The van der Waals surface area contributed by atoms with Gasteiger partial charge in [-0.15, -0.1) is 0 Å². The lowest BCUT2D eigenvalue weighted by atomic mass is 9.94. The Kier molecular flexibility index (Phi) is 4.73. The number of rotatable bonds is 2. The highest BCUT2D eigenvalue weighted by atomic mass is 16.4. The quantitative estimate of drug-likeness (QED) is 0.900. The Labute approximate surface area is 135 Å². The number of carbonyl (C=O) groups excluding carboxylic acids is 2. The van der Waals surface area contributed by atoms with Crippen LogP contribution in [0.1, 0.15) is 41.5 Å². The Morgan fingerprint density at radius 1 is 0.870 bits per heavy atom. The number of piperazine rings is 1. The van der Waals surface area contributed by atoms with Crippen LogP contribution in [0.25, 0.3) is 0 Å². The first-order chi connectivity index (χ1) is 10.7. The first-order valence-corrected chi connectivity index (χ1v) is 7.62. The summed E-state index contributed by atoms with van der Waals surface area (Å²) in [6, 6.07) is 5.90. The van der Waals surface area contributed by atoms with Crippen molar-refractivity contribution in [2.75, 3.05) is 26.2 Å². The summed E-state index contributed by atoms with van der Waals surface area (Å²) in [7, 11) is 0. The molecule has 0 radical (unpaired) electrons. The number of carbonyl (C=O) groups is 3. The number of amides is 2. The lowest BCUT2D eigenvalue weighted by Gasteiger charge is -2.37. The van der Waals surface area contributed by atoms with E-state index in [1.54, 1.807) is 9.80 Å². The third kappa shape index (κ3) is 3.88. The van der Waals surface area contributed by atoms with Crippen molar-refractivity contribution in [3.8, 4) is 0 Å². The fourth-order valence-electron chi connectivity index (χ4n) is 2.52. The van der Waals surface area contributed by atoms with Gasteiger partial charge in [-0.3, -0.25) is 9.59 Å². The maximum Gasteiger partial charge on any atom is 0.335 e. The topological polar surface area (TPSA) is 77.9 Å². The van der Waals surface area contributed by atoms with Crippen molar-refractivity contribution >= 4 is 17.8 Å². The zero-order valence-electron chi connectivity index (χ0n) is 13.7. The lowest BCUT2D eigenvalue weighted by Crippen LogP contribution is -2.53. The van der Waals surface area contributed by atoms with Gasteiger partial charge in [-0.05, 0) is 24.3 Å². The number of carboxylic acid groups (broad SMARTS) is 1. The molecular weight excluding hydrogens is 296 g/mol. The van der Waals surface area contributed by atoms with Gasteiger partial charge in [0.25, 0.3) is 5.91 Å². The minimum absolute atomic E-state index is 0.0930. The zero-order valence-corrected chi connectivity index (χ0v) is 13.7. The molecular formula is C17H22N2O4. The predicted molar refractivity (Wildman–Crippen MR) is 85.3 cm³/mol. The van der Waals surface area contributed by atoms with Crippen LogP contribution in [0.3, 0.4) is 0 Å². The average Bonchev–Trinajstić information content (AvgIpc) is 2.53. The van der Waals surface area contributed by atoms with E-state index < -0.39 is 11.4 Å². The molecule has 2 amide bonds. The van der Waals surface area contributed by atoms with Crippen LogP contribution in [0.15, 0.2) is 24.3 Å². The molecule has 1 heterocycles. The maximum atomic E-state index is 12.4. The molecule has 1 fully saturated rings. The van der Waals surface area contributed by atoms with E-state index in [1.165, 1.54) is 24.3 Å². The van der Waals surface area contributed by atoms with E-state index in [9.17, 15) is 14.4 Å². The van der Waals surface area contributed by atoms with Gasteiger partial charge < -0.3 is 14.9 Å². The summed E-state index contributed by atoms with van der Waals surface area (Å²) in [5.74, 6) is -1.06. The van der Waals surface area contributed by atoms with Gasteiger partial charge in [0, 0.05) is 37.2 Å². The molecule has 124 valence electrons. The van der Waals surface area contributed by atoms with E-state index in [4.69, 9.17) is 5.11 Å². The number of nitrogens with zero attached hydrogens (tertiary/aromatic N) is 2. The first kappa shape index (κ1) is 17.0. The molecule has 0 aromatic heterocycles. The van der Waals surface area contributed by atoms with Gasteiger partial charge in [0.15, 0.2) is 0 Å². The van der Waals surface area contributed by atoms with E-state index in [2.05, 4.69) is 0 Å². The summed E-state index contributed by atoms with van der Waals surface area (Å²) in [6.45, 7) is 7.68. The Balaban J connectivity index is 1.98. The van der Waals surface area contributed by atoms with Crippen molar-refractivity contribution in [1.29, 1.82) is 0 Å². The average molecular weight is 318 g/mol. The fraction of sp³-hybridized carbons (Fsp3) is 0.471. The van der Waals surface area contributed by atoms with Crippen molar-refractivity contribution in [2.24, 2.45) is 5.41 Å². The van der Waals surface area contributed by atoms with E-state index in [0.717, 1.165) is 0 Å². The van der Waals surface area contributed by atoms with Gasteiger partial charge in [0.2, 0.25) is 5.91 Å². The Hall–Kier alpha value is -2.37. The largest absolute Gasteiger partial charge is 0.478 e. The van der Waals surface area contributed by atoms with E-state index >= 15 is 0 Å². The van der Waals surface area contributed by atoms with E-state index in [-0.39, 0.29) is 17.4 Å². The molecule has 1 N–H and O–H groups in total. The van der Waals surface area contributed by atoms with Crippen molar-refractivity contribution in [2.45, 2.75) is 20.8 Å². The third-order valence-electron chi connectivity index (χ3n) is 3.87. The van der Waals surface area contributed by atoms with Crippen LogP contribution in [-0.2, 0) is 4.79 Å². The maximum absolute atomic E-state index is 12.4. The van der Waals surface area contributed by atoms with Crippen molar-refractivity contribution in [1.82, 2.24) is 9.80 Å². The number of hydrogen-bond donors (Lipinski definition) is 1. The molecule has 0 bridgehead atoms. The molecule has 23 heavy (non-hydrogen) atoms. The SMILES string of the molecule is CC(C)(C)C(=O)N1CCN(C(=O)c2ccc(C(=O)O)cc2)CC1. The number of hydrogen-bond acceptors (Lipinski definition) is 3. The van der Waals surface area contributed by atoms with E-state index in [1.807, 2.05) is 20.8 Å². The van der Waals surface area contributed by atoms with Crippen LogP contribution in [0.2, 0.25) is 0 Å². The lowest BCUT2D eigenvalue weighted by molar-refractivity contribution is -0.140. The first-order valence-electron chi connectivity index (χ1n) is 7.62. The molecule has 1 aliphatic rings. The highest BCUT2D eigenvalue weighted by Crippen LogP contribution is 2.19. The zero-order chi connectivity index (χ0) is 17.2. The van der Waals surface area contributed by atoms with Gasteiger partial charge >= 0.3 is 5.97 Å². The number of benzene rings is 1. The molecule has 0 atom stereocenters. The molecule has 1 aliphatic heterocycles. The van der Waals surface area contributed by atoms with Gasteiger partial charge in [0.1, 0.15) is 0 Å². The minimum Gasteiger partial charge on any atom is -0.478 e. The second-order valence-electron chi connectivity index (χ2n) is 6.72. The molecule has 0 spiro atoms. The molecule has 0 saturated carbocycles. The van der Waals surface area contributed by atoms with Gasteiger partial charge in [-0.1, -0.05) is 20.8 Å². The highest BCUT2D eigenvalue weighted by Gasteiger charge is 2.31. The molecule has 0 unspecified atom stereocenters. The van der Waals surface area contributed by atoms with Gasteiger partial charge in [0.05, 0.1) is 5.56 Å². The molecule has 6 heteroatoms. The summed E-state index contributed by atoms with van der Waals surface area (Å²) in [6.07, 6.45) is 0. The van der Waals surface area contributed by atoms with E-state index in [0.29, 0.717) is 31.7 Å². The normalized spacial score (nSPS) is 15.4. The summed E-state index contributed by atoms with van der Waals surface area (Å²) in [4.78, 5) is 39.0. The Morgan fingerprint density at radius 2 is 1.30 bits per heavy atom. The standard InChI is InChI=1S/C17H22N2O4/c1-17(2,3)16(23)19-10-8-18(9-11-19)14(20)12-4-6-13(7-5-12)15(21)22/h4-7H,8-11H2,1-3H3,(H,21,22). The predicted octanol–water partition coefficient (Wildman–Crippen LogP) is 1.72. The minimum atomic E-state index is -1.02. The molecule has 1 saturated heterocycles. The highest BCUT2D eigenvalue weighted by molar-refractivity contribution is 5.96. The summed E-state index contributed by atoms with van der Waals surface area (Å²) in [5, 5.41) is 8.88. The Bertz CT molecular complexity index is 608. The fourth-order valence-corrected chi connectivity index (χ4v) is 2.52. The van der Waals surface area contributed by atoms with Crippen molar-refractivity contribution in [3.05, 3.63) is 35.4 Å². The van der Waals surface area contributed by atoms with Crippen LogP contribution >= 0.6 is 0 Å². The molecule has 1 aromatic carbocycles. The Morgan fingerprint density at radius 3 is 1.74 bits per heavy atom. The van der Waals surface area contributed by atoms with Crippen LogP contribution in [0.4, 0.5) is 0 Å². The summed E-state index contributed by atoms with van der Waals surface area (Å²) in [5.41, 5.74) is 0.200. The van der Waals surface area contributed by atoms with Crippen molar-refractivity contribution < 1.29 is 19.5 Å². The molecule has 6 nitrogen and oxygen atoms in total. The third-order valence-corrected chi connectivity index (χ3v) is 3.87. The second kappa shape index (κ2) is 6.40. The number of carboxylic acids is 1. The monoisotopic (exact) mass is 318 g/mol. The van der Waals surface area contributed by atoms with Crippen molar-refractivity contribution in [3.63, 3.8) is 0 Å². The van der Waals surface area contributed by atoms with Crippen LogP contribution in [0, 0.1) is 5.41 Å². The summed E-state index contributed by atoms with van der Waals surface area (Å²) >= 11 is 0. The second-order valence-corrected chi connectivity index (χ2v) is 6.72. The van der Waals surface area contributed by atoms with Crippen LogP contribution < -0.4 is 0 Å². The summed E-state index contributed by atoms with van der Waals surface area (Å²) < 4.78 is 0. The molecule has 2 rings (SSSR count). The van der Waals surface area contributed by atoms with Gasteiger partial charge in [-0.25, -0.2) is 4.79 Å². The molecule has 1 aromatic rings. The van der Waals surface area contributed by atoms with Crippen LogP contribution in [0.5, 0.6) is 0 Å². The molecule has 0 aliphatic carbocycles. The van der Waals surface area contributed by atoms with Crippen LogP contribution in [-0.4, -0.2) is 58.9 Å².